The Morgan fingerprint density at radius 3 is 2.19 bits per heavy atom. The van der Waals surface area contributed by atoms with Gasteiger partial charge in [0.05, 0.1) is 4.47 Å². The van der Waals surface area contributed by atoms with Crippen molar-refractivity contribution in [3.8, 4) is 5.75 Å². The van der Waals surface area contributed by atoms with Crippen LogP contribution in [0, 0.1) is 0 Å². The maximum Gasteiger partial charge on any atom is 0.407 e. The van der Waals surface area contributed by atoms with Crippen LogP contribution < -0.4 is 5.73 Å². The number of phenolic OH excluding ortho intramolecular Hbond substituents is 1. The summed E-state index contributed by atoms with van der Waals surface area (Å²) in [6.07, 6.45) is -4.59. The van der Waals surface area contributed by atoms with Gasteiger partial charge in [0.15, 0.2) is 0 Å². The van der Waals surface area contributed by atoms with Crippen LogP contribution in [0.2, 0.25) is 0 Å². The first-order valence-corrected chi connectivity index (χ1v) is 5.32. The minimum absolute atomic E-state index is 0. The van der Waals surface area contributed by atoms with Gasteiger partial charge in [-0.3, -0.25) is 0 Å². The van der Waals surface area contributed by atoms with Crippen molar-refractivity contribution in [1.82, 2.24) is 0 Å². The Balaban J connectivity index is 0.00000225. The highest BCUT2D eigenvalue weighted by Crippen LogP contribution is 2.40. The fourth-order valence-corrected chi connectivity index (χ4v) is 2.26. The summed E-state index contributed by atoms with van der Waals surface area (Å²) in [6.45, 7) is 0. The Kier molecular flexibility index (Phi) is 5.58. The second-order valence-electron chi connectivity index (χ2n) is 2.84. The van der Waals surface area contributed by atoms with Gasteiger partial charge in [0, 0.05) is 10.0 Å². The van der Waals surface area contributed by atoms with Crippen molar-refractivity contribution in [2.45, 2.75) is 12.2 Å². The van der Waals surface area contributed by atoms with Gasteiger partial charge in [-0.15, -0.1) is 12.4 Å². The van der Waals surface area contributed by atoms with Crippen molar-refractivity contribution >= 4 is 44.3 Å². The van der Waals surface area contributed by atoms with E-state index in [2.05, 4.69) is 31.9 Å². The lowest BCUT2D eigenvalue weighted by molar-refractivity contribution is -0.149. The monoisotopic (exact) mass is 383 g/mol. The van der Waals surface area contributed by atoms with Gasteiger partial charge < -0.3 is 10.8 Å². The molecule has 0 bridgehead atoms. The number of halogens is 6. The van der Waals surface area contributed by atoms with Gasteiger partial charge in [0.2, 0.25) is 0 Å². The summed E-state index contributed by atoms with van der Waals surface area (Å²) in [7, 11) is 0. The summed E-state index contributed by atoms with van der Waals surface area (Å²) < 4.78 is 37.5. The molecule has 0 aromatic heterocycles. The molecule has 0 fully saturated rings. The molecule has 0 radical (unpaired) electrons. The van der Waals surface area contributed by atoms with Crippen LogP contribution in [0.25, 0.3) is 0 Å². The number of nitrogens with two attached hydrogens (primary N) is 1. The standard InChI is InChI=1S/C8H6Br2F3NO.ClH/c9-3-1-4(6(15)5(10)2-3)7(14)8(11,12)13;/h1-2,7,15H,14H2;1H/t7-;/m1./s1. The molecule has 16 heavy (non-hydrogen) atoms. The minimum Gasteiger partial charge on any atom is -0.506 e. The van der Waals surface area contributed by atoms with Crippen LogP contribution in [0.15, 0.2) is 21.1 Å². The molecule has 1 aromatic carbocycles. The van der Waals surface area contributed by atoms with Crippen LogP contribution in [0.3, 0.4) is 0 Å². The maximum absolute atomic E-state index is 12.3. The van der Waals surface area contributed by atoms with Crippen LogP contribution in [0.5, 0.6) is 5.75 Å². The lowest BCUT2D eigenvalue weighted by Crippen LogP contribution is -2.28. The van der Waals surface area contributed by atoms with Gasteiger partial charge >= 0.3 is 6.18 Å². The maximum atomic E-state index is 12.3. The summed E-state index contributed by atoms with van der Waals surface area (Å²) in [5.41, 5.74) is 4.61. The van der Waals surface area contributed by atoms with Gasteiger partial charge in [-0.1, -0.05) is 15.9 Å². The molecule has 2 nitrogen and oxygen atoms in total. The Labute approximate surface area is 113 Å². The summed E-state index contributed by atoms with van der Waals surface area (Å²) in [4.78, 5) is 0. The van der Waals surface area contributed by atoms with Gasteiger partial charge in [-0.25, -0.2) is 0 Å². The molecule has 92 valence electrons. The van der Waals surface area contributed by atoms with E-state index in [0.717, 1.165) is 6.07 Å². The Morgan fingerprint density at radius 2 is 1.75 bits per heavy atom. The lowest BCUT2D eigenvalue weighted by atomic mass is 10.1. The average Bonchev–Trinajstić information content (AvgIpc) is 2.08. The topological polar surface area (TPSA) is 46.2 Å². The smallest absolute Gasteiger partial charge is 0.407 e. The molecule has 1 atom stereocenters. The van der Waals surface area contributed by atoms with Crippen molar-refractivity contribution in [3.05, 3.63) is 26.6 Å². The SMILES string of the molecule is Cl.N[C@H](c1cc(Br)cc(Br)c1O)C(F)(F)F. The fourth-order valence-electron chi connectivity index (χ4n) is 0.999. The number of hydrogen-bond donors (Lipinski definition) is 2. The summed E-state index contributed by atoms with van der Waals surface area (Å²) in [6, 6.07) is 0.367. The highest BCUT2D eigenvalue weighted by Gasteiger charge is 2.39. The van der Waals surface area contributed by atoms with E-state index in [9.17, 15) is 18.3 Å². The van der Waals surface area contributed by atoms with Crippen molar-refractivity contribution in [2.24, 2.45) is 5.73 Å². The Hall–Kier alpha value is 0.0200. The zero-order valence-electron chi connectivity index (χ0n) is 7.55. The number of hydrogen-bond acceptors (Lipinski definition) is 2. The lowest BCUT2D eigenvalue weighted by Gasteiger charge is -2.17. The van der Waals surface area contributed by atoms with E-state index in [0.29, 0.717) is 4.47 Å². The summed E-state index contributed by atoms with van der Waals surface area (Å²) in [5, 5.41) is 9.41. The molecule has 0 saturated carbocycles. The highest BCUT2D eigenvalue weighted by molar-refractivity contribution is 9.11. The predicted molar refractivity (Wildman–Crippen MR) is 63.7 cm³/mol. The van der Waals surface area contributed by atoms with E-state index in [-0.39, 0.29) is 22.4 Å². The van der Waals surface area contributed by atoms with Gasteiger partial charge in [-0.05, 0) is 28.1 Å². The first-order chi connectivity index (χ1) is 6.73. The largest absolute Gasteiger partial charge is 0.506 e. The molecule has 1 aromatic rings. The predicted octanol–water partition coefficient (Wildman–Crippen LogP) is 3.90. The molecule has 0 spiro atoms. The first-order valence-electron chi connectivity index (χ1n) is 3.73. The van der Waals surface area contributed by atoms with E-state index >= 15 is 0 Å². The first kappa shape index (κ1) is 16.0. The molecule has 0 aliphatic rings. The molecule has 3 N–H and O–H groups in total. The van der Waals surface area contributed by atoms with Gasteiger partial charge in [-0.2, -0.15) is 13.2 Å². The molecule has 0 aliphatic carbocycles. The molecule has 0 amide bonds. The van der Waals surface area contributed by atoms with Gasteiger partial charge in [0.25, 0.3) is 0 Å². The van der Waals surface area contributed by atoms with Crippen LogP contribution in [0.1, 0.15) is 11.6 Å². The van der Waals surface area contributed by atoms with Crippen LogP contribution in [0.4, 0.5) is 13.2 Å². The fraction of sp³-hybridized carbons (Fsp3) is 0.250. The van der Waals surface area contributed by atoms with Crippen molar-refractivity contribution in [3.63, 3.8) is 0 Å². The van der Waals surface area contributed by atoms with E-state index in [1.807, 2.05) is 0 Å². The number of benzene rings is 1. The molecule has 1 rings (SSSR count). The number of rotatable bonds is 1. The Morgan fingerprint density at radius 1 is 1.25 bits per heavy atom. The molecular formula is C8H7Br2ClF3NO. The molecule has 0 aliphatic heterocycles. The molecule has 8 heteroatoms. The number of phenols is 1. The third-order valence-corrected chi connectivity index (χ3v) is 2.81. The number of aromatic hydroxyl groups is 1. The zero-order chi connectivity index (χ0) is 11.8. The van der Waals surface area contributed by atoms with E-state index < -0.39 is 18.0 Å². The zero-order valence-corrected chi connectivity index (χ0v) is 11.5. The van der Waals surface area contributed by atoms with Gasteiger partial charge in [0.1, 0.15) is 11.8 Å². The van der Waals surface area contributed by atoms with Crippen molar-refractivity contribution < 1.29 is 18.3 Å². The van der Waals surface area contributed by atoms with Crippen molar-refractivity contribution in [1.29, 1.82) is 0 Å². The minimum atomic E-state index is -4.59. The quantitative estimate of drug-likeness (QED) is 0.770. The van der Waals surface area contributed by atoms with Crippen LogP contribution >= 0.6 is 44.3 Å². The molecule has 0 unspecified atom stereocenters. The molecular weight excluding hydrogens is 378 g/mol. The molecule has 0 saturated heterocycles. The third-order valence-electron chi connectivity index (χ3n) is 1.75. The second kappa shape index (κ2) is 5.57. The van der Waals surface area contributed by atoms with E-state index in [1.165, 1.54) is 6.07 Å². The summed E-state index contributed by atoms with van der Waals surface area (Å²) >= 11 is 5.95. The van der Waals surface area contributed by atoms with E-state index in [1.54, 1.807) is 0 Å². The molecule has 0 heterocycles. The summed E-state index contributed by atoms with van der Waals surface area (Å²) in [5.74, 6) is -0.497. The van der Waals surface area contributed by atoms with Crippen LogP contribution in [-0.4, -0.2) is 11.3 Å². The normalized spacial score (nSPS) is 13.1. The van der Waals surface area contributed by atoms with Crippen molar-refractivity contribution in [2.75, 3.05) is 0 Å². The third kappa shape index (κ3) is 3.51. The van der Waals surface area contributed by atoms with Crippen LogP contribution in [-0.2, 0) is 0 Å². The second-order valence-corrected chi connectivity index (χ2v) is 4.61. The highest BCUT2D eigenvalue weighted by atomic mass is 79.9. The number of alkyl halides is 3. The Bertz CT molecular complexity index is 386. The van der Waals surface area contributed by atoms with E-state index in [4.69, 9.17) is 5.73 Å². The average molecular weight is 385 g/mol.